The Balaban J connectivity index is 2.04. The molecule has 9 heteroatoms. The molecule has 3 N–H and O–H groups in total. The molecule has 7 nitrogen and oxygen atoms in total. The number of aliphatic carboxylic acids is 1. The molecule has 26 heavy (non-hydrogen) atoms. The standard InChI is InChI=1S/C17H15ClN2O5S/c18-11-3-6-13(15-9-25-20-16(15)8-17(21)22)14(7-11)10-1-4-12(5-2-10)26(19,23)24/h1-7,15H,8-9H2,(H,21,22)(H2,19,23,24). The maximum Gasteiger partial charge on any atom is 0.309 e. The number of nitrogens with two attached hydrogens (primary N) is 1. The van der Waals surface area contributed by atoms with Crippen LogP contribution in [-0.4, -0.2) is 31.8 Å². The molecular weight excluding hydrogens is 380 g/mol. The fourth-order valence-electron chi connectivity index (χ4n) is 2.84. The summed E-state index contributed by atoms with van der Waals surface area (Å²) in [6.07, 6.45) is -0.225. The van der Waals surface area contributed by atoms with Crippen LogP contribution in [0.3, 0.4) is 0 Å². The number of hydrogen-bond acceptors (Lipinski definition) is 5. The molecule has 136 valence electrons. The van der Waals surface area contributed by atoms with Crippen LogP contribution >= 0.6 is 11.6 Å². The lowest BCUT2D eigenvalue weighted by Gasteiger charge is -2.16. The minimum Gasteiger partial charge on any atom is -0.481 e. The van der Waals surface area contributed by atoms with Crippen molar-refractivity contribution in [3.05, 3.63) is 53.1 Å². The number of carboxylic acid groups (broad SMARTS) is 1. The van der Waals surface area contributed by atoms with E-state index in [0.29, 0.717) is 10.7 Å². The highest BCUT2D eigenvalue weighted by Crippen LogP contribution is 2.35. The van der Waals surface area contributed by atoms with E-state index in [-0.39, 0.29) is 23.8 Å². The lowest BCUT2D eigenvalue weighted by atomic mass is 9.87. The summed E-state index contributed by atoms with van der Waals surface area (Å²) in [4.78, 5) is 16.2. The van der Waals surface area contributed by atoms with Gasteiger partial charge in [0.25, 0.3) is 0 Å². The predicted octanol–water partition coefficient (Wildman–Crippen LogP) is 2.60. The van der Waals surface area contributed by atoms with Crippen LogP contribution < -0.4 is 5.14 Å². The van der Waals surface area contributed by atoms with Gasteiger partial charge in [0.05, 0.1) is 22.9 Å². The summed E-state index contributed by atoms with van der Waals surface area (Å²) < 4.78 is 22.9. The van der Waals surface area contributed by atoms with E-state index >= 15 is 0 Å². The number of carbonyl (C=O) groups is 1. The molecule has 0 saturated carbocycles. The molecule has 3 rings (SSSR count). The highest BCUT2D eigenvalue weighted by atomic mass is 35.5. The van der Waals surface area contributed by atoms with Gasteiger partial charge < -0.3 is 9.94 Å². The zero-order chi connectivity index (χ0) is 18.9. The Morgan fingerprint density at radius 2 is 1.96 bits per heavy atom. The third-order valence-corrected chi connectivity index (χ3v) is 5.21. The molecule has 0 amide bonds. The maximum atomic E-state index is 11.4. The van der Waals surface area contributed by atoms with Gasteiger partial charge in [0.2, 0.25) is 10.0 Å². The van der Waals surface area contributed by atoms with E-state index in [1.165, 1.54) is 12.1 Å². The minimum absolute atomic E-state index is 0.00200. The maximum absolute atomic E-state index is 11.4. The van der Waals surface area contributed by atoms with Gasteiger partial charge in [0, 0.05) is 5.02 Å². The Kier molecular flexibility index (Phi) is 4.99. The van der Waals surface area contributed by atoms with Gasteiger partial charge in [-0.2, -0.15) is 0 Å². The van der Waals surface area contributed by atoms with Crippen molar-refractivity contribution in [1.29, 1.82) is 0 Å². The Morgan fingerprint density at radius 1 is 1.27 bits per heavy atom. The molecule has 1 heterocycles. The van der Waals surface area contributed by atoms with E-state index in [1.54, 1.807) is 30.3 Å². The fourth-order valence-corrected chi connectivity index (χ4v) is 3.53. The third kappa shape index (κ3) is 3.87. The van der Waals surface area contributed by atoms with Gasteiger partial charge in [-0.25, -0.2) is 13.6 Å². The van der Waals surface area contributed by atoms with Crippen molar-refractivity contribution in [1.82, 2.24) is 0 Å². The lowest BCUT2D eigenvalue weighted by Crippen LogP contribution is -2.16. The molecule has 1 atom stereocenters. The van der Waals surface area contributed by atoms with Crippen LogP contribution in [0.4, 0.5) is 0 Å². The summed E-state index contributed by atoms with van der Waals surface area (Å²) in [5.74, 6) is -1.32. The van der Waals surface area contributed by atoms with Crippen LogP contribution in [0.25, 0.3) is 11.1 Å². The second-order valence-corrected chi connectivity index (χ2v) is 7.80. The van der Waals surface area contributed by atoms with Gasteiger partial charge in [0.1, 0.15) is 6.61 Å². The SMILES string of the molecule is NS(=O)(=O)c1ccc(-c2cc(Cl)ccc2C2CON=C2CC(=O)O)cc1. The summed E-state index contributed by atoms with van der Waals surface area (Å²) in [5.41, 5.74) is 2.68. The van der Waals surface area contributed by atoms with E-state index in [1.807, 2.05) is 0 Å². The number of hydrogen-bond donors (Lipinski definition) is 2. The van der Waals surface area contributed by atoms with Gasteiger partial charge >= 0.3 is 5.97 Å². The molecule has 1 aliphatic heterocycles. The van der Waals surface area contributed by atoms with E-state index in [2.05, 4.69) is 5.16 Å². The first-order valence-corrected chi connectivity index (χ1v) is 9.51. The van der Waals surface area contributed by atoms with Crippen LogP contribution in [-0.2, 0) is 19.7 Å². The lowest BCUT2D eigenvalue weighted by molar-refractivity contribution is -0.135. The highest BCUT2D eigenvalue weighted by Gasteiger charge is 2.29. The van der Waals surface area contributed by atoms with Gasteiger partial charge in [-0.3, -0.25) is 4.79 Å². The number of nitrogens with zero attached hydrogens (tertiary/aromatic N) is 1. The quantitative estimate of drug-likeness (QED) is 0.807. The third-order valence-electron chi connectivity index (χ3n) is 4.04. The summed E-state index contributed by atoms with van der Waals surface area (Å²) >= 11 is 6.13. The second kappa shape index (κ2) is 7.06. The summed E-state index contributed by atoms with van der Waals surface area (Å²) in [7, 11) is -3.79. The van der Waals surface area contributed by atoms with Crippen molar-refractivity contribution in [3.63, 3.8) is 0 Å². The smallest absolute Gasteiger partial charge is 0.309 e. The Morgan fingerprint density at radius 3 is 2.58 bits per heavy atom. The van der Waals surface area contributed by atoms with Crippen molar-refractivity contribution < 1.29 is 23.2 Å². The summed E-state index contributed by atoms with van der Waals surface area (Å²) in [5, 5.41) is 18.5. The van der Waals surface area contributed by atoms with E-state index in [4.69, 9.17) is 26.7 Å². The molecule has 0 aromatic heterocycles. The van der Waals surface area contributed by atoms with Gasteiger partial charge in [-0.1, -0.05) is 35.0 Å². The fraction of sp³-hybridized carbons (Fsp3) is 0.176. The number of carboxylic acids is 1. The molecule has 0 fully saturated rings. The van der Waals surface area contributed by atoms with Crippen LogP contribution in [0.1, 0.15) is 17.9 Å². The first-order chi connectivity index (χ1) is 12.3. The van der Waals surface area contributed by atoms with Gasteiger partial charge in [-0.05, 0) is 41.0 Å². The molecule has 0 bridgehead atoms. The highest BCUT2D eigenvalue weighted by molar-refractivity contribution is 7.89. The largest absolute Gasteiger partial charge is 0.481 e. The van der Waals surface area contributed by atoms with Crippen LogP contribution in [0.15, 0.2) is 52.5 Å². The zero-order valence-electron chi connectivity index (χ0n) is 13.4. The molecule has 0 aliphatic carbocycles. The topological polar surface area (TPSA) is 119 Å². The number of sulfonamides is 1. The normalized spacial score (nSPS) is 16.8. The molecule has 0 saturated heterocycles. The minimum atomic E-state index is -3.79. The molecule has 0 spiro atoms. The number of halogens is 1. The van der Waals surface area contributed by atoms with Crippen molar-refractivity contribution in [2.24, 2.45) is 10.3 Å². The Labute approximate surface area is 155 Å². The van der Waals surface area contributed by atoms with E-state index < -0.39 is 16.0 Å². The van der Waals surface area contributed by atoms with Crippen molar-refractivity contribution in [2.75, 3.05) is 6.61 Å². The van der Waals surface area contributed by atoms with Gasteiger partial charge in [-0.15, -0.1) is 0 Å². The molecular formula is C17H15ClN2O5S. The second-order valence-electron chi connectivity index (χ2n) is 5.80. The molecule has 1 aliphatic rings. The monoisotopic (exact) mass is 394 g/mol. The first kappa shape index (κ1) is 18.4. The summed E-state index contributed by atoms with van der Waals surface area (Å²) in [6.45, 7) is 0.229. The Bertz CT molecular complexity index is 987. The number of primary sulfonamides is 1. The number of rotatable bonds is 5. The molecule has 2 aromatic carbocycles. The average Bonchev–Trinajstić information content (AvgIpc) is 3.01. The molecule has 0 radical (unpaired) electrons. The van der Waals surface area contributed by atoms with Crippen molar-refractivity contribution in [3.8, 4) is 11.1 Å². The van der Waals surface area contributed by atoms with Crippen LogP contribution in [0.2, 0.25) is 5.02 Å². The first-order valence-electron chi connectivity index (χ1n) is 7.59. The van der Waals surface area contributed by atoms with E-state index in [0.717, 1.165) is 16.7 Å². The predicted molar refractivity (Wildman–Crippen MR) is 96.6 cm³/mol. The number of oxime groups is 1. The Hall–Kier alpha value is -2.42. The summed E-state index contributed by atoms with van der Waals surface area (Å²) in [6, 6.07) is 11.3. The van der Waals surface area contributed by atoms with Crippen molar-refractivity contribution >= 4 is 33.3 Å². The van der Waals surface area contributed by atoms with E-state index in [9.17, 15) is 13.2 Å². The number of benzene rings is 2. The zero-order valence-corrected chi connectivity index (χ0v) is 15.0. The average molecular weight is 395 g/mol. The van der Waals surface area contributed by atoms with Crippen LogP contribution in [0.5, 0.6) is 0 Å². The van der Waals surface area contributed by atoms with Crippen LogP contribution in [0, 0.1) is 0 Å². The molecule has 1 unspecified atom stereocenters. The van der Waals surface area contributed by atoms with Gasteiger partial charge in [0.15, 0.2) is 0 Å². The molecule has 2 aromatic rings. The van der Waals surface area contributed by atoms with Crippen molar-refractivity contribution in [2.45, 2.75) is 17.2 Å².